The van der Waals surface area contributed by atoms with E-state index in [0.29, 0.717) is 0 Å². The van der Waals surface area contributed by atoms with Crippen LogP contribution in [0.3, 0.4) is 0 Å². The smallest absolute Gasteiger partial charge is 0.138 e. The van der Waals surface area contributed by atoms with Crippen molar-refractivity contribution in [2.45, 2.75) is 18.0 Å². The first-order chi connectivity index (χ1) is 6.84. The molecular formula is C11H11ClN2. The molecule has 3 rings (SSSR count). The van der Waals surface area contributed by atoms with Crippen molar-refractivity contribution >= 4 is 17.8 Å². The largest absolute Gasteiger partial charge is 0.354 e. The van der Waals surface area contributed by atoms with Gasteiger partial charge in [0.2, 0.25) is 0 Å². The van der Waals surface area contributed by atoms with Crippen LogP contribution in [-0.2, 0) is 0 Å². The van der Waals surface area contributed by atoms with E-state index in [0.717, 1.165) is 18.3 Å². The molecule has 0 amide bonds. The van der Waals surface area contributed by atoms with Gasteiger partial charge in [-0.25, -0.2) is 0 Å². The van der Waals surface area contributed by atoms with Crippen molar-refractivity contribution in [2.24, 2.45) is 4.99 Å². The van der Waals surface area contributed by atoms with Gasteiger partial charge in [0.05, 0.1) is 10.7 Å². The Kier molecular flexibility index (Phi) is 1.77. The molecule has 2 aliphatic rings. The summed E-state index contributed by atoms with van der Waals surface area (Å²) < 4.78 is 0. The molecule has 72 valence electrons. The lowest BCUT2D eigenvalue weighted by Gasteiger charge is -2.23. The molecule has 0 spiro atoms. The van der Waals surface area contributed by atoms with Gasteiger partial charge in [-0.3, -0.25) is 4.99 Å². The number of rotatable bonds is 0. The Labute approximate surface area is 87.5 Å². The molecule has 1 aromatic rings. The number of fused-ring (bicyclic) bond motifs is 2. The van der Waals surface area contributed by atoms with E-state index in [4.69, 9.17) is 11.6 Å². The van der Waals surface area contributed by atoms with Crippen LogP contribution in [-0.4, -0.2) is 23.0 Å². The van der Waals surface area contributed by atoms with Crippen LogP contribution in [0.1, 0.15) is 6.42 Å². The Morgan fingerprint density at radius 1 is 1.36 bits per heavy atom. The lowest BCUT2D eigenvalue weighted by molar-refractivity contribution is 0.381. The fourth-order valence-corrected chi connectivity index (χ4v) is 2.39. The average molecular weight is 207 g/mol. The number of alkyl halides is 1. The predicted octanol–water partition coefficient (Wildman–Crippen LogP) is 0.697. The maximum Gasteiger partial charge on any atom is 0.138 e. The SMILES string of the molecule is ClC1CCN2C=c3ccccc3=NC12. The summed E-state index contributed by atoms with van der Waals surface area (Å²) in [4.78, 5) is 6.89. The summed E-state index contributed by atoms with van der Waals surface area (Å²) in [5.74, 6) is 0. The molecule has 1 aromatic carbocycles. The highest BCUT2D eigenvalue weighted by Gasteiger charge is 2.31. The number of halogens is 1. The minimum absolute atomic E-state index is 0.159. The Hall–Kier alpha value is -1.02. The van der Waals surface area contributed by atoms with E-state index >= 15 is 0 Å². The fourth-order valence-electron chi connectivity index (χ4n) is 2.09. The predicted molar refractivity (Wildman–Crippen MR) is 56.4 cm³/mol. The third kappa shape index (κ3) is 1.14. The molecule has 2 unspecified atom stereocenters. The average Bonchev–Trinajstić information content (AvgIpc) is 2.57. The highest BCUT2D eigenvalue weighted by Crippen LogP contribution is 2.24. The summed E-state index contributed by atoms with van der Waals surface area (Å²) in [7, 11) is 0. The van der Waals surface area contributed by atoms with Gasteiger partial charge in [-0.05, 0) is 12.5 Å². The molecule has 0 aliphatic carbocycles. The van der Waals surface area contributed by atoms with Gasteiger partial charge in [-0.15, -0.1) is 11.6 Å². The van der Waals surface area contributed by atoms with Crippen molar-refractivity contribution in [1.82, 2.24) is 4.90 Å². The van der Waals surface area contributed by atoms with Crippen LogP contribution in [0.25, 0.3) is 6.20 Å². The molecule has 0 saturated carbocycles. The molecule has 2 heterocycles. The van der Waals surface area contributed by atoms with Crippen LogP contribution < -0.4 is 10.6 Å². The van der Waals surface area contributed by atoms with Crippen molar-refractivity contribution in [1.29, 1.82) is 0 Å². The molecular weight excluding hydrogens is 196 g/mol. The van der Waals surface area contributed by atoms with Crippen molar-refractivity contribution in [2.75, 3.05) is 6.54 Å². The lowest BCUT2D eigenvalue weighted by Crippen LogP contribution is -2.40. The second-order valence-corrected chi connectivity index (χ2v) is 4.33. The van der Waals surface area contributed by atoms with Crippen LogP contribution in [0.15, 0.2) is 29.3 Å². The number of para-hydroxylation sites is 1. The molecule has 0 radical (unpaired) electrons. The van der Waals surface area contributed by atoms with Crippen LogP contribution in [0.2, 0.25) is 0 Å². The minimum atomic E-state index is 0.159. The molecule has 1 fully saturated rings. The minimum Gasteiger partial charge on any atom is -0.354 e. The molecule has 0 aromatic heterocycles. The van der Waals surface area contributed by atoms with Gasteiger partial charge >= 0.3 is 0 Å². The molecule has 3 heteroatoms. The van der Waals surface area contributed by atoms with E-state index in [2.05, 4.69) is 22.2 Å². The van der Waals surface area contributed by atoms with Gasteiger partial charge in [0, 0.05) is 18.0 Å². The third-order valence-electron chi connectivity index (χ3n) is 2.84. The van der Waals surface area contributed by atoms with Crippen LogP contribution in [0.4, 0.5) is 0 Å². The number of hydrogen-bond acceptors (Lipinski definition) is 2. The Morgan fingerprint density at radius 2 is 2.21 bits per heavy atom. The molecule has 0 bridgehead atoms. The first kappa shape index (κ1) is 8.30. The highest BCUT2D eigenvalue weighted by atomic mass is 35.5. The standard InChI is InChI=1S/C11H11ClN2/c12-9-5-6-14-7-8-3-1-2-4-10(8)13-11(9)14/h1-4,7,9,11H,5-6H2. The van der Waals surface area contributed by atoms with Gasteiger partial charge in [0.15, 0.2) is 0 Å². The van der Waals surface area contributed by atoms with Gasteiger partial charge in [0.1, 0.15) is 6.17 Å². The lowest BCUT2D eigenvalue weighted by atomic mass is 10.2. The fraction of sp³-hybridized carbons (Fsp3) is 0.364. The van der Waals surface area contributed by atoms with Crippen molar-refractivity contribution in [3.8, 4) is 0 Å². The normalized spacial score (nSPS) is 28.8. The Morgan fingerprint density at radius 3 is 3.14 bits per heavy atom. The van der Waals surface area contributed by atoms with E-state index in [1.807, 2.05) is 18.2 Å². The van der Waals surface area contributed by atoms with Crippen LogP contribution in [0, 0.1) is 0 Å². The van der Waals surface area contributed by atoms with Gasteiger partial charge < -0.3 is 4.90 Å². The Bertz CT molecular complexity index is 468. The summed E-state index contributed by atoms with van der Waals surface area (Å²) in [6, 6.07) is 8.20. The number of hydrogen-bond donors (Lipinski definition) is 0. The zero-order chi connectivity index (χ0) is 9.54. The van der Waals surface area contributed by atoms with E-state index in [9.17, 15) is 0 Å². The zero-order valence-corrected chi connectivity index (χ0v) is 8.48. The maximum absolute atomic E-state index is 6.20. The van der Waals surface area contributed by atoms with Crippen molar-refractivity contribution in [3.05, 3.63) is 34.8 Å². The quantitative estimate of drug-likeness (QED) is 0.571. The number of benzene rings is 1. The topological polar surface area (TPSA) is 15.6 Å². The molecule has 2 atom stereocenters. The second-order valence-electron chi connectivity index (χ2n) is 3.77. The van der Waals surface area contributed by atoms with Crippen molar-refractivity contribution in [3.63, 3.8) is 0 Å². The highest BCUT2D eigenvalue weighted by molar-refractivity contribution is 6.21. The first-order valence-electron chi connectivity index (χ1n) is 4.89. The Balaban J connectivity index is 2.20. The van der Waals surface area contributed by atoms with E-state index in [1.54, 1.807) is 0 Å². The van der Waals surface area contributed by atoms with E-state index in [-0.39, 0.29) is 11.5 Å². The molecule has 0 N–H and O–H groups in total. The summed E-state index contributed by atoms with van der Waals surface area (Å²) in [6.07, 6.45) is 3.36. The first-order valence-corrected chi connectivity index (χ1v) is 5.33. The molecule has 14 heavy (non-hydrogen) atoms. The second kappa shape index (κ2) is 2.99. The van der Waals surface area contributed by atoms with Gasteiger partial charge in [0.25, 0.3) is 0 Å². The van der Waals surface area contributed by atoms with Crippen LogP contribution in [0.5, 0.6) is 0 Å². The maximum atomic E-state index is 6.20. The monoisotopic (exact) mass is 206 g/mol. The molecule has 2 aliphatic heterocycles. The van der Waals surface area contributed by atoms with Gasteiger partial charge in [-0.2, -0.15) is 0 Å². The van der Waals surface area contributed by atoms with E-state index < -0.39 is 0 Å². The van der Waals surface area contributed by atoms with Gasteiger partial charge in [-0.1, -0.05) is 18.2 Å². The van der Waals surface area contributed by atoms with Crippen LogP contribution >= 0.6 is 11.6 Å². The number of nitrogens with zero attached hydrogens (tertiary/aromatic N) is 2. The molecule has 1 saturated heterocycles. The summed E-state index contributed by atoms with van der Waals surface area (Å²) in [6.45, 7) is 1.02. The van der Waals surface area contributed by atoms with Crippen molar-refractivity contribution < 1.29 is 0 Å². The summed E-state index contributed by atoms with van der Waals surface area (Å²) in [5, 5.41) is 2.44. The van der Waals surface area contributed by atoms with E-state index in [1.165, 1.54) is 5.22 Å². The molecule has 2 nitrogen and oxygen atoms in total. The summed E-state index contributed by atoms with van der Waals surface area (Å²) in [5.41, 5.74) is 0. The zero-order valence-electron chi connectivity index (χ0n) is 7.73. The summed E-state index contributed by atoms with van der Waals surface area (Å²) >= 11 is 6.20. The third-order valence-corrected chi connectivity index (χ3v) is 3.28.